The number of aliphatic hydroxyl groups excluding tert-OH is 1. The maximum absolute atomic E-state index is 8.07. The van der Waals surface area contributed by atoms with Crippen molar-refractivity contribution in [2.45, 2.75) is 46.1 Å². The molecule has 0 aliphatic carbocycles. The third-order valence-corrected chi connectivity index (χ3v) is 3.12. The minimum Gasteiger partial charge on any atom is -0.396 e. The van der Waals surface area contributed by atoms with Crippen molar-refractivity contribution in [1.29, 1.82) is 0 Å². The molecule has 1 atom stereocenters. The van der Waals surface area contributed by atoms with Gasteiger partial charge in [-0.1, -0.05) is 26.3 Å². The molecule has 0 aromatic heterocycles. The Bertz CT molecular complexity index is 349. The number of unbranched alkanes of at least 4 members (excludes halogenated alkanes) is 1. The maximum Gasteiger partial charge on any atom is 0.0430 e. The average Bonchev–Trinajstić information content (AvgIpc) is 2.39. The molecule has 3 nitrogen and oxygen atoms in total. The van der Waals surface area contributed by atoms with Crippen molar-refractivity contribution in [3.63, 3.8) is 0 Å². The summed E-state index contributed by atoms with van der Waals surface area (Å²) in [6.45, 7) is 6.63. The normalized spacial score (nSPS) is 11.5. The van der Waals surface area contributed by atoms with Gasteiger partial charge in [0.15, 0.2) is 0 Å². The lowest BCUT2D eigenvalue weighted by molar-refractivity contribution is 0.287. The van der Waals surface area contributed by atoms with Crippen LogP contribution in [0.3, 0.4) is 0 Å². The molecular weight excluding hydrogens is 236 g/mol. The van der Waals surface area contributed by atoms with Crippen LogP contribution < -0.4 is 10.6 Å². The van der Waals surface area contributed by atoms with Crippen molar-refractivity contribution in [3.05, 3.63) is 29.3 Å². The fourth-order valence-electron chi connectivity index (χ4n) is 1.73. The standard InChI is InChI=1S/C12H20N2.C4H10O/c1-5-12(13)11-7-6-10(14(3)4)8-9(11)2;1-2-3-4-5/h6-8,12H,5,13H2,1-4H3;5H,2-4H2,1H3. The van der Waals surface area contributed by atoms with Crippen LogP contribution >= 0.6 is 0 Å². The molecule has 110 valence electrons. The molecule has 1 unspecified atom stereocenters. The van der Waals surface area contributed by atoms with Crippen LogP contribution in [0.1, 0.15) is 50.3 Å². The van der Waals surface area contributed by atoms with Crippen LogP contribution in [0.25, 0.3) is 0 Å². The molecule has 1 aromatic rings. The smallest absolute Gasteiger partial charge is 0.0430 e. The Morgan fingerprint density at radius 1 is 1.26 bits per heavy atom. The lowest BCUT2D eigenvalue weighted by atomic mass is 9.99. The summed E-state index contributed by atoms with van der Waals surface area (Å²) < 4.78 is 0. The SMILES string of the molecule is CCC(N)c1ccc(N(C)C)cc1C.CCCCO. The number of anilines is 1. The van der Waals surface area contributed by atoms with E-state index in [1.807, 2.05) is 14.1 Å². The molecule has 0 amide bonds. The first kappa shape index (κ1) is 17.9. The molecule has 0 aliphatic rings. The highest BCUT2D eigenvalue weighted by Gasteiger charge is 2.07. The Balaban J connectivity index is 0.000000555. The third-order valence-electron chi connectivity index (χ3n) is 3.12. The van der Waals surface area contributed by atoms with Crippen molar-refractivity contribution in [2.24, 2.45) is 5.73 Å². The fourth-order valence-corrected chi connectivity index (χ4v) is 1.73. The third kappa shape index (κ3) is 6.60. The molecule has 0 radical (unpaired) electrons. The second-order valence-corrected chi connectivity index (χ2v) is 5.03. The number of hydrogen-bond donors (Lipinski definition) is 2. The van der Waals surface area contributed by atoms with Gasteiger partial charge in [-0.3, -0.25) is 0 Å². The largest absolute Gasteiger partial charge is 0.396 e. The Hall–Kier alpha value is -1.06. The Kier molecular flexibility index (Phi) is 9.27. The van der Waals surface area contributed by atoms with E-state index < -0.39 is 0 Å². The molecule has 1 aromatic carbocycles. The first-order valence-corrected chi connectivity index (χ1v) is 7.12. The minimum absolute atomic E-state index is 0.172. The van der Waals surface area contributed by atoms with Crippen LogP contribution in [0.4, 0.5) is 5.69 Å². The van der Waals surface area contributed by atoms with Crippen LogP contribution in [0.2, 0.25) is 0 Å². The van der Waals surface area contributed by atoms with Gasteiger partial charge < -0.3 is 15.7 Å². The monoisotopic (exact) mass is 266 g/mol. The molecule has 1 rings (SSSR count). The van der Waals surface area contributed by atoms with Gasteiger partial charge in [-0.25, -0.2) is 0 Å². The van der Waals surface area contributed by atoms with Crippen molar-refractivity contribution in [2.75, 3.05) is 25.6 Å². The van der Waals surface area contributed by atoms with E-state index in [1.54, 1.807) is 0 Å². The summed E-state index contributed by atoms with van der Waals surface area (Å²) in [6, 6.07) is 6.62. The van der Waals surface area contributed by atoms with Gasteiger partial charge in [0.05, 0.1) is 0 Å². The second-order valence-electron chi connectivity index (χ2n) is 5.03. The zero-order valence-electron chi connectivity index (χ0n) is 13.1. The predicted molar refractivity (Wildman–Crippen MR) is 84.7 cm³/mol. The van der Waals surface area contributed by atoms with Crippen LogP contribution in [0.15, 0.2) is 18.2 Å². The molecule has 0 heterocycles. The predicted octanol–water partition coefficient (Wildman–Crippen LogP) is 3.25. The molecule has 19 heavy (non-hydrogen) atoms. The van der Waals surface area contributed by atoms with Gasteiger partial charge in [-0.05, 0) is 43.0 Å². The Morgan fingerprint density at radius 2 is 1.89 bits per heavy atom. The fraction of sp³-hybridized carbons (Fsp3) is 0.625. The van der Waals surface area contributed by atoms with E-state index in [4.69, 9.17) is 10.8 Å². The first-order valence-electron chi connectivity index (χ1n) is 7.12. The number of benzene rings is 1. The lowest BCUT2D eigenvalue weighted by Gasteiger charge is -2.17. The van der Waals surface area contributed by atoms with E-state index in [2.05, 4.69) is 43.9 Å². The number of hydrogen-bond acceptors (Lipinski definition) is 3. The molecule has 0 saturated heterocycles. The van der Waals surface area contributed by atoms with Crippen molar-refractivity contribution < 1.29 is 5.11 Å². The molecule has 0 saturated carbocycles. The zero-order chi connectivity index (χ0) is 14.8. The Labute approximate surface area is 118 Å². The maximum atomic E-state index is 8.07. The molecular formula is C16H30N2O. The number of nitrogens with zero attached hydrogens (tertiary/aromatic N) is 1. The first-order chi connectivity index (χ1) is 8.97. The highest BCUT2D eigenvalue weighted by molar-refractivity contribution is 5.50. The van der Waals surface area contributed by atoms with Gasteiger partial charge in [0, 0.05) is 32.4 Å². The van der Waals surface area contributed by atoms with Crippen molar-refractivity contribution in [1.82, 2.24) is 0 Å². The number of aliphatic hydroxyl groups is 1. The van der Waals surface area contributed by atoms with Gasteiger partial charge in [0.2, 0.25) is 0 Å². The minimum atomic E-state index is 0.172. The van der Waals surface area contributed by atoms with Crippen molar-refractivity contribution >= 4 is 5.69 Å². The molecule has 0 fully saturated rings. The van der Waals surface area contributed by atoms with E-state index in [-0.39, 0.29) is 6.04 Å². The van der Waals surface area contributed by atoms with Gasteiger partial charge in [0.25, 0.3) is 0 Å². The van der Waals surface area contributed by atoms with Crippen molar-refractivity contribution in [3.8, 4) is 0 Å². The molecule has 3 N–H and O–H groups in total. The van der Waals surface area contributed by atoms with E-state index in [9.17, 15) is 0 Å². The summed E-state index contributed by atoms with van der Waals surface area (Å²) in [5.74, 6) is 0. The van der Waals surface area contributed by atoms with Gasteiger partial charge in [-0.15, -0.1) is 0 Å². The summed E-state index contributed by atoms with van der Waals surface area (Å²) in [4.78, 5) is 2.11. The van der Waals surface area contributed by atoms with E-state index >= 15 is 0 Å². The number of rotatable bonds is 5. The van der Waals surface area contributed by atoms with E-state index in [1.165, 1.54) is 16.8 Å². The lowest BCUT2D eigenvalue weighted by Crippen LogP contribution is -2.12. The van der Waals surface area contributed by atoms with Gasteiger partial charge in [-0.2, -0.15) is 0 Å². The summed E-state index contributed by atoms with van der Waals surface area (Å²) >= 11 is 0. The average molecular weight is 266 g/mol. The van der Waals surface area contributed by atoms with Gasteiger partial charge in [0.1, 0.15) is 0 Å². The molecule has 3 heteroatoms. The number of nitrogens with two attached hydrogens (primary N) is 1. The Morgan fingerprint density at radius 3 is 2.21 bits per heavy atom. The quantitative estimate of drug-likeness (QED) is 0.860. The van der Waals surface area contributed by atoms with E-state index in [0.29, 0.717) is 6.61 Å². The molecule has 0 bridgehead atoms. The van der Waals surface area contributed by atoms with Crippen LogP contribution in [0.5, 0.6) is 0 Å². The van der Waals surface area contributed by atoms with Crippen LogP contribution in [-0.4, -0.2) is 25.8 Å². The van der Waals surface area contributed by atoms with Gasteiger partial charge >= 0.3 is 0 Å². The zero-order valence-corrected chi connectivity index (χ0v) is 13.1. The molecule has 0 aliphatic heterocycles. The highest BCUT2D eigenvalue weighted by Crippen LogP contribution is 2.22. The van der Waals surface area contributed by atoms with Crippen LogP contribution in [-0.2, 0) is 0 Å². The molecule has 0 spiro atoms. The topological polar surface area (TPSA) is 49.5 Å². The summed E-state index contributed by atoms with van der Waals surface area (Å²) in [5.41, 5.74) is 9.78. The summed E-state index contributed by atoms with van der Waals surface area (Å²) in [6.07, 6.45) is 3.03. The summed E-state index contributed by atoms with van der Waals surface area (Å²) in [7, 11) is 4.10. The second kappa shape index (κ2) is 9.82. The van der Waals surface area contributed by atoms with E-state index in [0.717, 1.165) is 19.3 Å². The number of aryl methyl sites for hydroxylation is 1. The highest BCUT2D eigenvalue weighted by atomic mass is 16.2. The summed E-state index contributed by atoms with van der Waals surface area (Å²) in [5, 5.41) is 8.07. The van der Waals surface area contributed by atoms with Crippen LogP contribution in [0, 0.1) is 6.92 Å².